The number of nitro benzene ring substituents is 1. The van der Waals surface area contributed by atoms with Crippen molar-refractivity contribution in [1.29, 1.82) is 0 Å². The van der Waals surface area contributed by atoms with Crippen LogP contribution in [-0.4, -0.2) is 39.4 Å². The first-order chi connectivity index (χ1) is 13.0. The number of nitro groups is 1. The molecule has 0 atom stereocenters. The van der Waals surface area contributed by atoms with Crippen LogP contribution < -0.4 is 5.32 Å². The Hall–Kier alpha value is -2.21. The first-order valence-electron chi connectivity index (χ1n) is 10.1. The third-order valence-electron chi connectivity index (χ3n) is 5.18. The molecule has 0 unspecified atom stereocenters. The van der Waals surface area contributed by atoms with E-state index in [1.54, 1.807) is 24.3 Å². The normalized spacial score (nSPS) is 18.9. The van der Waals surface area contributed by atoms with E-state index in [1.165, 1.54) is 12.1 Å². The Morgan fingerprint density at radius 3 is 2.43 bits per heavy atom. The number of carbonyl (C=O) groups is 1. The average molecular weight is 388 g/mol. The lowest BCUT2D eigenvalue weighted by atomic mass is 9.79. The lowest BCUT2D eigenvalue weighted by molar-refractivity contribution is -0.385. The van der Waals surface area contributed by atoms with Gasteiger partial charge in [-0.25, -0.2) is 0 Å². The molecule has 1 fully saturated rings. The van der Waals surface area contributed by atoms with Crippen LogP contribution in [0.2, 0.25) is 0 Å². The Labute approximate surface area is 168 Å². The van der Waals surface area contributed by atoms with E-state index in [0.29, 0.717) is 12.1 Å². The van der Waals surface area contributed by atoms with Crippen LogP contribution in [0.1, 0.15) is 65.9 Å². The standard InChI is InChI=1S/C22H33N3O3/c1-6-7-14-24(18-15-21(2,3)23-22(4,5)16-18)20(26)13-12-17-10-8-9-11-19(17)25(27)28/h8-13,18,23H,6-7,14-16H2,1-5H3/b13-12+. The van der Waals surface area contributed by atoms with Crippen molar-refractivity contribution in [1.82, 2.24) is 10.2 Å². The quantitative estimate of drug-likeness (QED) is 0.423. The van der Waals surface area contributed by atoms with E-state index in [2.05, 4.69) is 39.9 Å². The van der Waals surface area contributed by atoms with Gasteiger partial charge in [-0.05, 0) is 59.1 Å². The number of carbonyl (C=O) groups excluding carboxylic acids is 1. The van der Waals surface area contributed by atoms with Gasteiger partial charge in [0.15, 0.2) is 0 Å². The molecular weight excluding hydrogens is 354 g/mol. The maximum atomic E-state index is 13.1. The zero-order valence-corrected chi connectivity index (χ0v) is 17.7. The fourth-order valence-corrected chi connectivity index (χ4v) is 4.34. The van der Waals surface area contributed by atoms with Crippen molar-refractivity contribution in [3.05, 3.63) is 46.0 Å². The molecule has 1 aliphatic rings. The largest absolute Gasteiger partial charge is 0.336 e. The molecule has 0 radical (unpaired) electrons. The van der Waals surface area contributed by atoms with Crippen LogP contribution in [0.3, 0.4) is 0 Å². The van der Waals surface area contributed by atoms with Gasteiger partial charge in [0.2, 0.25) is 5.91 Å². The van der Waals surface area contributed by atoms with Gasteiger partial charge in [0.1, 0.15) is 0 Å². The Morgan fingerprint density at radius 2 is 1.86 bits per heavy atom. The van der Waals surface area contributed by atoms with E-state index < -0.39 is 4.92 Å². The Kier molecular flexibility index (Phi) is 6.99. The lowest BCUT2D eigenvalue weighted by Crippen LogP contribution is -2.62. The van der Waals surface area contributed by atoms with Crippen molar-refractivity contribution in [3.63, 3.8) is 0 Å². The first kappa shape index (κ1) is 22.1. The van der Waals surface area contributed by atoms with Crippen LogP contribution >= 0.6 is 0 Å². The summed E-state index contributed by atoms with van der Waals surface area (Å²) < 4.78 is 0. The average Bonchev–Trinajstić information content (AvgIpc) is 2.57. The van der Waals surface area contributed by atoms with Crippen LogP contribution in [0.15, 0.2) is 30.3 Å². The molecule has 0 spiro atoms. The molecule has 0 aliphatic carbocycles. The maximum Gasteiger partial charge on any atom is 0.276 e. The minimum absolute atomic E-state index is 0.00999. The zero-order chi connectivity index (χ0) is 20.9. The van der Waals surface area contributed by atoms with Crippen LogP contribution in [0.25, 0.3) is 6.08 Å². The summed E-state index contributed by atoms with van der Waals surface area (Å²) in [5, 5.41) is 14.9. The van der Waals surface area contributed by atoms with Crippen LogP contribution in [0.4, 0.5) is 5.69 Å². The molecule has 1 saturated heterocycles. The minimum atomic E-state index is -0.420. The number of hydrogen-bond acceptors (Lipinski definition) is 4. The van der Waals surface area contributed by atoms with Crippen LogP contribution in [0.5, 0.6) is 0 Å². The highest BCUT2D eigenvalue weighted by Crippen LogP contribution is 2.32. The fraction of sp³-hybridized carbons (Fsp3) is 0.591. The Bertz CT molecular complexity index is 724. The monoisotopic (exact) mass is 387 g/mol. The summed E-state index contributed by atoms with van der Waals surface area (Å²) in [4.78, 5) is 25.8. The molecule has 1 aromatic rings. The van der Waals surface area contributed by atoms with E-state index in [4.69, 9.17) is 0 Å². The van der Waals surface area contributed by atoms with Crippen molar-refractivity contribution in [3.8, 4) is 0 Å². The number of benzene rings is 1. The number of piperidine rings is 1. The number of amides is 1. The van der Waals surface area contributed by atoms with Gasteiger partial charge in [0.25, 0.3) is 5.69 Å². The number of para-hydroxylation sites is 1. The second-order valence-electron chi connectivity index (χ2n) is 8.99. The number of rotatable bonds is 7. The molecule has 6 nitrogen and oxygen atoms in total. The highest BCUT2D eigenvalue weighted by Gasteiger charge is 2.40. The van der Waals surface area contributed by atoms with Gasteiger partial charge in [-0.15, -0.1) is 0 Å². The third kappa shape index (κ3) is 5.89. The molecule has 154 valence electrons. The second-order valence-corrected chi connectivity index (χ2v) is 8.99. The van der Waals surface area contributed by atoms with Crippen molar-refractivity contribution in [2.24, 2.45) is 0 Å². The van der Waals surface area contributed by atoms with Gasteiger partial charge in [-0.2, -0.15) is 0 Å². The summed E-state index contributed by atoms with van der Waals surface area (Å²) in [5.74, 6) is -0.0786. The molecule has 0 saturated carbocycles. The molecular formula is C22H33N3O3. The smallest absolute Gasteiger partial charge is 0.276 e. The lowest BCUT2D eigenvalue weighted by Gasteiger charge is -2.49. The molecule has 2 rings (SSSR count). The van der Waals surface area contributed by atoms with E-state index >= 15 is 0 Å². The molecule has 1 aliphatic heterocycles. The summed E-state index contributed by atoms with van der Waals surface area (Å²) >= 11 is 0. The first-order valence-corrected chi connectivity index (χ1v) is 10.1. The van der Waals surface area contributed by atoms with Gasteiger partial charge in [0, 0.05) is 35.8 Å². The van der Waals surface area contributed by atoms with Gasteiger partial charge >= 0.3 is 0 Å². The van der Waals surface area contributed by atoms with E-state index in [-0.39, 0.29) is 28.7 Å². The molecule has 28 heavy (non-hydrogen) atoms. The van der Waals surface area contributed by atoms with Gasteiger partial charge in [0.05, 0.1) is 10.5 Å². The van der Waals surface area contributed by atoms with Gasteiger partial charge < -0.3 is 10.2 Å². The number of nitrogens with one attached hydrogen (secondary N) is 1. The highest BCUT2D eigenvalue weighted by atomic mass is 16.6. The third-order valence-corrected chi connectivity index (χ3v) is 5.18. The van der Waals surface area contributed by atoms with Crippen molar-refractivity contribution >= 4 is 17.7 Å². The van der Waals surface area contributed by atoms with E-state index in [9.17, 15) is 14.9 Å². The second kappa shape index (κ2) is 8.86. The maximum absolute atomic E-state index is 13.1. The van der Waals surface area contributed by atoms with Gasteiger partial charge in [-0.1, -0.05) is 25.5 Å². The number of unbranched alkanes of at least 4 members (excludes halogenated alkanes) is 1. The topological polar surface area (TPSA) is 75.5 Å². The Morgan fingerprint density at radius 1 is 1.25 bits per heavy atom. The van der Waals surface area contributed by atoms with Crippen LogP contribution in [0, 0.1) is 10.1 Å². The molecule has 6 heteroatoms. The van der Waals surface area contributed by atoms with Crippen molar-refractivity contribution < 1.29 is 9.72 Å². The summed E-state index contributed by atoms with van der Waals surface area (Å²) in [6.45, 7) is 11.5. The zero-order valence-electron chi connectivity index (χ0n) is 17.7. The van der Waals surface area contributed by atoms with E-state index in [0.717, 1.165) is 25.7 Å². The SMILES string of the molecule is CCCCN(C(=O)/C=C/c1ccccc1[N+](=O)[O-])C1CC(C)(C)NC(C)(C)C1. The van der Waals surface area contributed by atoms with Gasteiger partial charge in [-0.3, -0.25) is 14.9 Å². The van der Waals surface area contributed by atoms with Crippen molar-refractivity contribution in [2.45, 2.75) is 77.4 Å². The fourth-order valence-electron chi connectivity index (χ4n) is 4.34. The van der Waals surface area contributed by atoms with Crippen LogP contribution in [-0.2, 0) is 4.79 Å². The number of hydrogen-bond donors (Lipinski definition) is 1. The van der Waals surface area contributed by atoms with Crippen molar-refractivity contribution in [2.75, 3.05) is 6.54 Å². The summed E-state index contributed by atoms with van der Waals surface area (Å²) in [7, 11) is 0. The molecule has 1 N–H and O–H groups in total. The summed E-state index contributed by atoms with van der Waals surface area (Å²) in [5.41, 5.74) is 0.344. The van der Waals surface area contributed by atoms with E-state index in [1.807, 2.05) is 4.90 Å². The summed E-state index contributed by atoms with van der Waals surface area (Å²) in [6, 6.07) is 6.63. The Balaban J connectivity index is 2.25. The highest BCUT2D eigenvalue weighted by molar-refractivity contribution is 5.92. The molecule has 1 aromatic carbocycles. The molecule has 1 heterocycles. The molecule has 0 bridgehead atoms. The number of nitrogens with zero attached hydrogens (tertiary/aromatic N) is 2. The molecule has 1 amide bonds. The predicted octanol–water partition coefficient (Wildman–Crippen LogP) is 4.55. The summed E-state index contributed by atoms with van der Waals surface area (Å²) in [6.07, 6.45) is 6.76. The predicted molar refractivity (Wildman–Crippen MR) is 113 cm³/mol. The minimum Gasteiger partial charge on any atom is -0.336 e. The molecule has 0 aromatic heterocycles.